The molecule has 6 heteroatoms. The number of benzene rings is 1. The van der Waals surface area contributed by atoms with Crippen molar-refractivity contribution < 1.29 is 28.4 Å². The van der Waals surface area contributed by atoms with Gasteiger partial charge in [-0.25, -0.2) is 4.39 Å². The van der Waals surface area contributed by atoms with Gasteiger partial charge in [0.25, 0.3) is 0 Å². The van der Waals surface area contributed by atoms with E-state index in [2.05, 4.69) is 0 Å². The largest absolute Gasteiger partial charge is 0.366 e. The van der Waals surface area contributed by atoms with Crippen LogP contribution < -0.4 is 0 Å². The number of fused-ring (bicyclic) bond motifs is 1. The van der Waals surface area contributed by atoms with Crippen molar-refractivity contribution in [3.63, 3.8) is 0 Å². The van der Waals surface area contributed by atoms with Gasteiger partial charge in [-0.15, -0.1) is 0 Å². The van der Waals surface area contributed by atoms with Gasteiger partial charge in [-0.3, -0.25) is 0 Å². The minimum absolute atomic E-state index is 0.234. The number of hydrogen-bond acceptors (Lipinski definition) is 5. The van der Waals surface area contributed by atoms with Crippen LogP contribution in [0.1, 0.15) is 19.4 Å². The lowest BCUT2D eigenvalue weighted by Crippen LogP contribution is -2.52. The summed E-state index contributed by atoms with van der Waals surface area (Å²) in [4.78, 5) is 0. The number of aliphatic hydroxyl groups excluding tert-OH is 1. The van der Waals surface area contributed by atoms with Crippen LogP contribution in [0.3, 0.4) is 0 Å². The second-order valence-corrected chi connectivity index (χ2v) is 5.76. The van der Waals surface area contributed by atoms with Crippen LogP contribution in [0.5, 0.6) is 0 Å². The molecule has 1 aromatic carbocycles. The molecule has 3 rings (SSSR count). The molecule has 0 spiro atoms. The topological polar surface area (TPSA) is 57.2 Å². The van der Waals surface area contributed by atoms with Gasteiger partial charge in [0.05, 0.1) is 13.2 Å². The molecule has 1 aromatic rings. The third-order valence-electron chi connectivity index (χ3n) is 3.61. The van der Waals surface area contributed by atoms with Crippen molar-refractivity contribution in [2.75, 3.05) is 6.61 Å². The first-order valence-electron chi connectivity index (χ1n) is 6.96. The van der Waals surface area contributed by atoms with Crippen LogP contribution in [-0.2, 0) is 25.6 Å². The molecule has 0 unspecified atom stereocenters. The van der Waals surface area contributed by atoms with E-state index in [0.29, 0.717) is 0 Å². The Hall–Kier alpha value is -1.05. The third kappa shape index (κ3) is 3.25. The Balaban J connectivity index is 1.66. The summed E-state index contributed by atoms with van der Waals surface area (Å²) in [6.07, 6.45) is -2.36. The van der Waals surface area contributed by atoms with Crippen LogP contribution in [0.25, 0.3) is 0 Å². The number of rotatable bonds is 3. The Morgan fingerprint density at radius 1 is 1.29 bits per heavy atom. The third-order valence-corrected chi connectivity index (χ3v) is 3.61. The van der Waals surface area contributed by atoms with Crippen molar-refractivity contribution in [1.29, 1.82) is 0 Å². The number of hydrogen-bond donors (Lipinski definition) is 1. The summed E-state index contributed by atoms with van der Waals surface area (Å²) in [6, 6.07) is 6.01. The quantitative estimate of drug-likeness (QED) is 0.918. The Labute approximate surface area is 122 Å². The Morgan fingerprint density at radius 3 is 2.71 bits per heavy atom. The van der Waals surface area contributed by atoms with Crippen molar-refractivity contribution in [3.8, 4) is 0 Å². The molecule has 0 amide bonds. The minimum atomic E-state index is -1.07. The van der Waals surface area contributed by atoms with Gasteiger partial charge in [0.1, 0.15) is 24.1 Å². The first-order chi connectivity index (χ1) is 9.94. The predicted octanol–water partition coefficient (Wildman–Crippen LogP) is 1.58. The van der Waals surface area contributed by atoms with Gasteiger partial charge in [-0.05, 0) is 31.5 Å². The zero-order valence-corrected chi connectivity index (χ0v) is 12.0. The van der Waals surface area contributed by atoms with Gasteiger partial charge in [0, 0.05) is 0 Å². The molecule has 2 saturated heterocycles. The van der Waals surface area contributed by atoms with Crippen molar-refractivity contribution >= 4 is 0 Å². The predicted molar refractivity (Wildman–Crippen MR) is 70.8 cm³/mol. The lowest BCUT2D eigenvalue weighted by Gasteiger charge is -2.34. The van der Waals surface area contributed by atoms with Crippen LogP contribution in [0.15, 0.2) is 24.3 Å². The van der Waals surface area contributed by atoms with Crippen molar-refractivity contribution in [2.45, 2.75) is 50.8 Å². The molecular formula is C15H19FO5. The maximum atomic E-state index is 12.9. The summed E-state index contributed by atoms with van der Waals surface area (Å²) in [6.45, 7) is 4.13. The lowest BCUT2D eigenvalue weighted by atomic mass is 10.1. The molecule has 2 aliphatic rings. The van der Waals surface area contributed by atoms with Crippen molar-refractivity contribution in [3.05, 3.63) is 35.6 Å². The molecule has 0 aromatic heterocycles. The van der Waals surface area contributed by atoms with E-state index >= 15 is 0 Å². The first-order valence-corrected chi connectivity index (χ1v) is 6.96. The van der Waals surface area contributed by atoms with Crippen LogP contribution in [0.4, 0.5) is 4.39 Å². The lowest BCUT2D eigenvalue weighted by molar-refractivity contribution is -0.247. The highest BCUT2D eigenvalue weighted by atomic mass is 19.1. The fraction of sp³-hybridized carbons (Fsp3) is 0.600. The smallest absolute Gasteiger partial charge is 0.183 e. The van der Waals surface area contributed by atoms with Gasteiger partial charge in [-0.1, -0.05) is 12.1 Å². The van der Waals surface area contributed by atoms with E-state index < -0.39 is 18.2 Å². The van der Waals surface area contributed by atoms with Crippen LogP contribution >= 0.6 is 0 Å². The Kier molecular flexibility index (Phi) is 3.98. The van der Waals surface area contributed by atoms with Gasteiger partial charge in [0.15, 0.2) is 12.1 Å². The average Bonchev–Trinajstić information content (AvgIpc) is 2.74. The molecule has 0 bridgehead atoms. The van der Waals surface area contributed by atoms with Gasteiger partial charge < -0.3 is 24.1 Å². The van der Waals surface area contributed by atoms with E-state index in [9.17, 15) is 9.50 Å². The molecular weight excluding hydrogens is 279 g/mol. The summed E-state index contributed by atoms with van der Waals surface area (Å²) in [5.41, 5.74) is 0.809. The highest BCUT2D eigenvalue weighted by Gasteiger charge is 2.51. The summed E-state index contributed by atoms with van der Waals surface area (Å²) in [5, 5.41) is 9.97. The van der Waals surface area contributed by atoms with E-state index in [1.54, 1.807) is 12.1 Å². The van der Waals surface area contributed by atoms with Crippen molar-refractivity contribution in [2.24, 2.45) is 0 Å². The maximum Gasteiger partial charge on any atom is 0.183 e. The zero-order valence-electron chi connectivity index (χ0n) is 12.0. The fourth-order valence-electron chi connectivity index (χ4n) is 2.67. The SMILES string of the molecule is CC1(C)O[C@@H]2[C@@H](OCc3ccc(F)cc3)[C@H](O)OC[C@@H]2O1. The van der Waals surface area contributed by atoms with Crippen LogP contribution in [0, 0.1) is 5.82 Å². The minimum Gasteiger partial charge on any atom is -0.366 e. The monoisotopic (exact) mass is 298 g/mol. The molecule has 0 saturated carbocycles. The maximum absolute atomic E-state index is 12.9. The highest BCUT2D eigenvalue weighted by molar-refractivity contribution is 5.15. The molecule has 0 radical (unpaired) electrons. The molecule has 0 aliphatic carbocycles. The van der Waals surface area contributed by atoms with Crippen molar-refractivity contribution in [1.82, 2.24) is 0 Å². The molecule has 2 fully saturated rings. The first kappa shape index (κ1) is 14.9. The zero-order chi connectivity index (χ0) is 15.0. The van der Waals surface area contributed by atoms with Crippen LogP contribution in [0.2, 0.25) is 0 Å². The summed E-state index contributed by atoms with van der Waals surface area (Å²) in [5.74, 6) is -1.02. The van der Waals surface area contributed by atoms with Gasteiger partial charge in [-0.2, -0.15) is 0 Å². The molecule has 2 aliphatic heterocycles. The molecule has 21 heavy (non-hydrogen) atoms. The highest BCUT2D eigenvalue weighted by Crippen LogP contribution is 2.35. The van der Waals surface area contributed by atoms with E-state index in [1.807, 2.05) is 13.8 Å². The molecule has 1 N–H and O–H groups in total. The second-order valence-electron chi connectivity index (χ2n) is 5.76. The molecule has 116 valence electrons. The Morgan fingerprint density at radius 2 is 2.00 bits per heavy atom. The summed E-state index contributed by atoms with van der Waals surface area (Å²) >= 11 is 0. The number of aliphatic hydroxyl groups is 1. The van der Waals surface area contributed by atoms with Crippen LogP contribution in [-0.4, -0.2) is 42.1 Å². The summed E-state index contributed by atoms with van der Waals surface area (Å²) in [7, 11) is 0. The summed E-state index contributed by atoms with van der Waals surface area (Å²) < 4.78 is 35.4. The number of ether oxygens (including phenoxy) is 4. The second kappa shape index (κ2) is 5.62. The Bertz CT molecular complexity index is 489. The van der Waals surface area contributed by atoms with E-state index in [-0.39, 0.29) is 31.2 Å². The van der Waals surface area contributed by atoms with Gasteiger partial charge in [0.2, 0.25) is 0 Å². The standard InChI is InChI=1S/C15H19FO5/c1-15(2)20-11-8-19-14(17)13(12(11)21-15)18-7-9-3-5-10(16)6-4-9/h3-6,11-14,17H,7-8H2,1-2H3/t11-,12-,13+,14+/m0/s1. The molecule has 2 heterocycles. The fourth-order valence-corrected chi connectivity index (χ4v) is 2.67. The number of halogens is 1. The normalized spacial score (nSPS) is 34.7. The molecule has 4 atom stereocenters. The molecule has 5 nitrogen and oxygen atoms in total. The van der Waals surface area contributed by atoms with E-state index in [1.165, 1.54) is 12.1 Å². The van der Waals surface area contributed by atoms with Gasteiger partial charge >= 0.3 is 0 Å². The van der Waals surface area contributed by atoms with E-state index in [4.69, 9.17) is 18.9 Å². The average molecular weight is 298 g/mol. The van der Waals surface area contributed by atoms with E-state index in [0.717, 1.165) is 5.56 Å².